The summed E-state index contributed by atoms with van der Waals surface area (Å²) in [7, 11) is 0. The third kappa shape index (κ3) is 35.4. The topological polar surface area (TPSA) is 29.5 Å². The van der Waals surface area contributed by atoms with Crippen LogP contribution in [-0.2, 0) is 4.74 Å². The van der Waals surface area contributed by atoms with E-state index in [-0.39, 0.29) is 6.10 Å². The van der Waals surface area contributed by atoms with E-state index in [1.54, 1.807) is 0 Å². The summed E-state index contributed by atoms with van der Waals surface area (Å²) in [4.78, 5) is 0. The number of hydrogen-bond donors (Lipinski definition) is 1. The molecule has 0 radical (unpaired) electrons. The first-order valence-electron chi connectivity index (χ1n) is 18.4. The second kappa shape index (κ2) is 36.4. The molecule has 2 heteroatoms. The molecule has 0 spiro atoms. The van der Waals surface area contributed by atoms with Crippen molar-refractivity contribution in [3.05, 3.63) is 24.3 Å². The molecule has 0 amide bonds. The summed E-state index contributed by atoms with van der Waals surface area (Å²) in [5, 5.41) is 10.2. The van der Waals surface area contributed by atoms with Crippen LogP contribution in [0.4, 0.5) is 0 Å². The predicted molar refractivity (Wildman–Crippen MR) is 180 cm³/mol. The van der Waals surface area contributed by atoms with E-state index in [9.17, 15) is 5.11 Å². The van der Waals surface area contributed by atoms with Gasteiger partial charge in [-0.15, -0.1) is 0 Å². The van der Waals surface area contributed by atoms with Gasteiger partial charge in [0.05, 0.1) is 12.7 Å². The van der Waals surface area contributed by atoms with Crippen molar-refractivity contribution in [2.45, 2.75) is 206 Å². The van der Waals surface area contributed by atoms with Crippen LogP contribution in [0.25, 0.3) is 0 Å². The minimum Gasteiger partial charge on any atom is -0.391 e. The van der Waals surface area contributed by atoms with Crippen LogP contribution < -0.4 is 0 Å². The lowest BCUT2D eigenvalue weighted by Crippen LogP contribution is -2.15. The minimum atomic E-state index is -0.267. The summed E-state index contributed by atoms with van der Waals surface area (Å²) in [6.45, 7) is 5.89. The van der Waals surface area contributed by atoms with Crippen molar-refractivity contribution in [3.63, 3.8) is 0 Å². The standard InChI is InChI=1S/C38H74O2/c1-3-5-7-9-11-13-15-17-19-21-23-25-27-29-31-33-35-38(39)37-40-36-34-32-30-28-26-24-22-20-18-16-14-12-10-8-6-4-2/h12,14,18,20,38-39H,3-11,13,15-17,19,21-37H2,1-2H3. The lowest BCUT2D eigenvalue weighted by molar-refractivity contribution is 0.0297. The van der Waals surface area contributed by atoms with E-state index < -0.39 is 0 Å². The molecule has 0 aromatic carbocycles. The van der Waals surface area contributed by atoms with Crippen molar-refractivity contribution in [2.75, 3.05) is 13.2 Å². The van der Waals surface area contributed by atoms with Crippen LogP contribution in [0.5, 0.6) is 0 Å². The number of hydrogen-bond acceptors (Lipinski definition) is 2. The quantitative estimate of drug-likeness (QED) is 0.0624. The van der Waals surface area contributed by atoms with Gasteiger partial charge in [-0.2, -0.15) is 0 Å². The fourth-order valence-electron chi connectivity index (χ4n) is 5.42. The van der Waals surface area contributed by atoms with Crippen molar-refractivity contribution in [1.82, 2.24) is 0 Å². The van der Waals surface area contributed by atoms with Crippen molar-refractivity contribution < 1.29 is 9.84 Å². The first-order valence-corrected chi connectivity index (χ1v) is 18.4. The van der Waals surface area contributed by atoms with Crippen molar-refractivity contribution >= 4 is 0 Å². The molecule has 0 aromatic heterocycles. The summed E-state index contributed by atoms with van der Waals surface area (Å²) in [5.74, 6) is 0. The van der Waals surface area contributed by atoms with Gasteiger partial charge in [0.25, 0.3) is 0 Å². The number of allylic oxidation sites excluding steroid dienone is 4. The van der Waals surface area contributed by atoms with Gasteiger partial charge in [-0.1, -0.05) is 179 Å². The molecule has 0 saturated heterocycles. The molecule has 0 saturated carbocycles. The minimum absolute atomic E-state index is 0.267. The van der Waals surface area contributed by atoms with Gasteiger partial charge in [0, 0.05) is 6.61 Å². The maximum Gasteiger partial charge on any atom is 0.0773 e. The zero-order valence-corrected chi connectivity index (χ0v) is 27.7. The first-order chi connectivity index (χ1) is 19.8. The Morgan fingerprint density at radius 2 is 0.825 bits per heavy atom. The number of aliphatic hydroxyl groups is 1. The van der Waals surface area contributed by atoms with E-state index in [0.29, 0.717) is 6.61 Å². The zero-order valence-electron chi connectivity index (χ0n) is 27.7. The van der Waals surface area contributed by atoms with Gasteiger partial charge in [-0.05, 0) is 44.9 Å². The average Bonchev–Trinajstić information content (AvgIpc) is 2.96. The van der Waals surface area contributed by atoms with Crippen molar-refractivity contribution in [2.24, 2.45) is 0 Å². The largest absolute Gasteiger partial charge is 0.391 e. The van der Waals surface area contributed by atoms with Gasteiger partial charge in [0.2, 0.25) is 0 Å². The Bertz CT molecular complexity index is 498. The molecule has 0 rings (SSSR count). The van der Waals surface area contributed by atoms with Crippen molar-refractivity contribution in [1.29, 1.82) is 0 Å². The third-order valence-corrected chi connectivity index (χ3v) is 8.19. The van der Waals surface area contributed by atoms with Crippen LogP contribution in [0.15, 0.2) is 24.3 Å². The van der Waals surface area contributed by atoms with E-state index >= 15 is 0 Å². The van der Waals surface area contributed by atoms with Crippen LogP contribution in [0.3, 0.4) is 0 Å². The van der Waals surface area contributed by atoms with Crippen LogP contribution in [0, 0.1) is 0 Å². The molecule has 0 bridgehead atoms. The molecular formula is C38H74O2. The SMILES string of the molecule is CCCCCC=CCC=CCCCCCCCCOCC(O)CCCCCCCCCCCCCCCCCC. The van der Waals surface area contributed by atoms with E-state index in [4.69, 9.17) is 4.74 Å². The Balaban J connectivity index is 3.20. The zero-order chi connectivity index (χ0) is 29.0. The van der Waals surface area contributed by atoms with Gasteiger partial charge in [-0.3, -0.25) is 0 Å². The second-order valence-electron chi connectivity index (χ2n) is 12.4. The van der Waals surface area contributed by atoms with E-state index in [1.165, 1.54) is 161 Å². The lowest BCUT2D eigenvalue weighted by Gasteiger charge is -2.11. The van der Waals surface area contributed by atoms with E-state index in [0.717, 1.165) is 32.3 Å². The second-order valence-corrected chi connectivity index (χ2v) is 12.4. The van der Waals surface area contributed by atoms with Gasteiger partial charge in [-0.25, -0.2) is 0 Å². The Morgan fingerprint density at radius 3 is 1.32 bits per heavy atom. The molecule has 0 aliphatic heterocycles. The van der Waals surface area contributed by atoms with Gasteiger partial charge in [0.15, 0.2) is 0 Å². The number of aliphatic hydroxyl groups excluding tert-OH is 1. The van der Waals surface area contributed by atoms with Crippen molar-refractivity contribution in [3.8, 4) is 0 Å². The summed E-state index contributed by atoms with van der Waals surface area (Å²) < 4.78 is 5.73. The molecule has 1 unspecified atom stereocenters. The molecule has 0 aromatic rings. The first kappa shape index (κ1) is 39.4. The Labute approximate surface area is 253 Å². The third-order valence-electron chi connectivity index (χ3n) is 8.19. The normalized spacial score (nSPS) is 12.8. The molecule has 0 heterocycles. The van der Waals surface area contributed by atoms with Gasteiger partial charge < -0.3 is 9.84 Å². The summed E-state index contributed by atoms with van der Waals surface area (Å²) in [5.41, 5.74) is 0. The number of ether oxygens (including phenoxy) is 1. The maximum atomic E-state index is 10.2. The molecule has 0 aliphatic rings. The van der Waals surface area contributed by atoms with Crippen LogP contribution in [-0.4, -0.2) is 24.4 Å². The average molecular weight is 563 g/mol. The smallest absolute Gasteiger partial charge is 0.0773 e. The van der Waals surface area contributed by atoms with Crippen LogP contribution in [0.1, 0.15) is 200 Å². The molecule has 238 valence electrons. The summed E-state index contributed by atoms with van der Waals surface area (Å²) >= 11 is 0. The monoisotopic (exact) mass is 563 g/mol. The fraction of sp³-hybridized carbons (Fsp3) is 0.895. The molecule has 1 N–H and O–H groups in total. The predicted octanol–water partition coefficient (Wildman–Crippen LogP) is 12.8. The van der Waals surface area contributed by atoms with Crippen LogP contribution in [0.2, 0.25) is 0 Å². The summed E-state index contributed by atoms with van der Waals surface area (Å²) in [6, 6.07) is 0. The molecule has 1 atom stereocenters. The summed E-state index contributed by atoms with van der Waals surface area (Å²) in [6.07, 6.45) is 47.5. The van der Waals surface area contributed by atoms with Crippen LogP contribution >= 0.6 is 0 Å². The Kier molecular flexibility index (Phi) is 35.9. The van der Waals surface area contributed by atoms with Gasteiger partial charge >= 0.3 is 0 Å². The lowest BCUT2D eigenvalue weighted by atomic mass is 10.0. The molecule has 40 heavy (non-hydrogen) atoms. The highest BCUT2D eigenvalue weighted by Crippen LogP contribution is 2.15. The Hall–Kier alpha value is -0.600. The molecular weight excluding hydrogens is 488 g/mol. The number of rotatable bonds is 34. The van der Waals surface area contributed by atoms with E-state index in [1.807, 2.05) is 0 Å². The Morgan fingerprint density at radius 1 is 0.450 bits per heavy atom. The molecule has 2 nitrogen and oxygen atoms in total. The highest BCUT2D eigenvalue weighted by atomic mass is 16.5. The highest BCUT2D eigenvalue weighted by Gasteiger charge is 2.04. The fourth-order valence-corrected chi connectivity index (χ4v) is 5.42. The molecule has 0 aliphatic carbocycles. The highest BCUT2D eigenvalue weighted by molar-refractivity contribution is 4.92. The molecule has 0 fully saturated rings. The van der Waals surface area contributed by atoms with Gasteiger partial charge in [0.1, 0.15) is 0 Å². The maximum absolute atomic E-state index is 10.2. The number of unbranched alkanes of at least 4 members (excludes halogenated alkanes) is 24. The van der Waals surface area contributed by atoms with E-state index in [2.05, 4.69) is 38.2 Å².